The van der Waals surface area contributed by atoms with Crippen molar-refractivity contribution in [2.24, 2.45) is 5.92 Å². The highest BCUT2D eigenvalue weighted by atomic mass is 32.2. The minimum absolute atomic E-state index is 0.000984. The third kappa shape index (κ3) is 7.33. The molecule has 1 saturated heterocycles. The maximum atomic E-state index is 14.8. The van der Waals surface area contributed by atoms with Crippen molar-refractivity contribution in [2.75, 3.05) is 18.9 Å². The molecular weight excluding hydrogens is 611 g/mol. The van der Waals surface area contributed by atoms with Crippen LogP contribution in [0.25, 0.3) is 11.4 Å². The van der Waals surface area contributed by atoms with Gasteiger partial charge in [0.25, 0.3) is 0 Å². The highest BCUT2D eigenvalue weighted by Gasteiger charge is 2.48. The molecule has 3 unspecified atom stereocenters. The van der Waals surface area contributed by atoms with Crippen LogP contribution in [0.15, 0.2) is 50.6 Å². The minimum atomic E-state index is -5.08. The van der Waals surface area contributed by atoms with Crippen LogP contribution in [0.4, 0.5) is 36.4 Å². The lowest BCUT2D eigenvalue weighted by Gasteiger charge is -2.41. The fourth-order valence-corrected chi connectivity index (χ4v) is 6.42. The summed E-state index contributed by atoms with van der Waals surface area (Å²) in [5, 5.41) is 17.6. The van der Waals surface area contributed by atoms with Crippen LogP contribution in [0.1, 0.15) is 30.9 Å². The van der Waals surface area contributed by atoms with Gasteiger partial charge in [0.2, 0.25) is 0 Å². The van der Waals surface area contributed by atoms with E-state index in [4.69, 9.17) is 9.90 Å². The molecule has 2 aliphatic heterocycles. The Balaban J connectivity index is 0.000000541. The van der Waals surface area contributed by atoms with Crippen molar-refractivity contribution >= 4 is 23.4 Å². The smallest absolute Gasteiger partial charge is 0.475 e. The Bertz CT molecular complexity index is 1530. The maximum Gasteiger partial charge on any atom is 0.490 e. The lowest BCUT2D eigenvalue weighted by Crippen LogP contribution is -2.56. The molecule has 17 heteroatoms. The molecule has 0 aliphatic carbocycles. The zero-order valence-corrected chi connectivity index (χ0v) is 23.4. The molecule has 5 rings (SSSR count). The Morgan fingerprint density at radius 1 is 1.23 bits per heavy atom. The van der Waals surface area contributed by atoms with E-state index in [1.165, 1.54) is 36.0 Å². The average Bonchev–Trinajstić information content (AvgIpc) is 3.64. The Kier molecular flexibility index (Phi) is 9.18. The number of nitrogens with zero attached hydrogens (tertiary/aromatic N) is 2. The van der Waals surface area contributed by atoms with Crippen LogP contribution in [0, 0.1) is 11.7 Å². The molecular formula is C26H26F7N5O4S. The van der Waals surface area contributed by atoms with Crippen molar-refractivity contribution in [3.63, 3.8) is 0 Å². The average molecular weight is 638 g/mol. The van der Waals surface area contributed by atoms with Gasteiger partial charge in [-0.25, -0.2) is 14.0 Å². The number of H-pyrrole nitrogens is 1. The molecule has 0 radical (unpaired) electrons. The van der Waals surface area contributed by atoms with Gasteiger partial charge in [-0.3, -0.25) is 14.8 Å². The molecule has 0 amide bonds. The molecule has 3 atom stereocenters. The van der Waals surface area contributed by atoms with E-state index in [2.05, 4.69) is 44.2 Å². The largest absolute Gasteiger partial charge is 0.490 e. The third-order valence-corrected chi connectivity index (χ3v) is 8.72. The summed E-state index contributed by atoms with van der Waals surface area (Å²) in [5.41, 5.74) is 0.661. The van der Waals surface area contributed by atoms with E-state index < -0.39 is 40.5 Å². The number of aliphatic carboxylic acids is 1. The molecule has 0 bridgehead atoms. The van der Waals surface area contributed by atoms with Crippen LogP contribution >= 0.6 is 11.8 Å². The van der Waals surface area contributed by atoms with Crippen LogP contribution in [-0.2, 0) is 17.5 Å². The van der Waals surface area contributed by atoms with Gasteiger partial charge in [0.15, 0.2) is 5.82 Å². The number of carboxylic acid groups (broad SMARTS) is 1. The second-order valence-corrected chi connectivity index (χ2v) is 11.4. The van der Waals surface area contributed by atoms with E-state index >= 15 is 0 Å². The first kappa shape index (κ1) is 32.3. The van der Waals surface area contributed by atoms with E-state index in [0.29, 0.717) is 16.1 Å². The Hall–Kier alpha value is -3.57. The first-order valence-corrected chi connectivity index (χ1v) is 13.6. The molecule has 3 heterocycles. The zero-order chi connectivity index (χ0) is 31.7. The van der Waals surface area contributed by atoms with Crippen molar-refractivity contribution in [1.29, 1.82) is 0 Å². The lowest BCUT2D eigenvalue weighted by molar-refractivity contribution is -0.192. The Morgan fingerprint density at radius 3 is 2.47 bits per heavy atom. The topological polar surface area (TPSA) is 123 Å². The number of nitrogens with one attached hydrogen (secondary N) is 3. The molecule has 3 aromatic rings. The number of alkyl halides is 6. The molecule has 2 aromatic carbocycles. The summed E-state index contributed by atoms with van der Waals surface area (Å²) >= 11 is 1.33. The van der Waals surface area contributed by atoms with Crippen molar-refractivity contribution < 1.29 is 45.2 Å². The summed E-state index contributed by atoms with van der Waals surface area (Å²) in [5.74, 6) is -4.12. The normalized spacial score (nSPS) is 21.1. The molecule has 2 aliphatic rings. The van der Waals surface area contributed by atoms with E-state index in [0.717, 1.165) is 25.5 Å². The summed E-state index contributed by atoms with van der Waals surface area (Å²) in [6.07, 6.45) is -7.49. The lowest BCUT2D eigenvalue weighted by atomic mass is 9.95. The fraction of sp³-hybridized carbons (Fsp3) is 0.423. The number of aromatic nitrogens is 2. The predicted molar refractivity (Wildman–Crippen MR) is 142 cm³/mol. The number of carbonyl (C=O) groups is 1. The molecule has 1 aromatic heterocycles. The number of halogens is 7. The maximum absolute atomic E-state index is 14.8. The van der Waals surface area contributed by atoms with Gasteiger partial charge >= 0.3 is 24.1 Å². The molecule has 234 valence electrons. The highest BCUT2D eigenvalue weighted by Crippen LogP contribution is 2.51. The SMILES string of the molecule is CC(C1CCCN1C)C1(NCc2ccc(-c3noc(=O)[nH]3)c(F)c2)Nc2ccc(C(F)(F)F)cc2S1.O=C(O)C(F)(F)F. The van der Waals surface area contributed by atoms with Crippen LogP contribution in [0.2, 0.25) is 0 Å². The molecule has 0 spiro atoms. The van der Waals surface area contributed by atoms with E-state index in [9.17, 15) is 35.5 Å². The number of carboxylic acids is 1. The number of benzene rings is 2. The zero-order valence-electron chi connectivity index (χ0n) is 22.6. The molecule has 4 N–H and O–H groups in total. The van der Waals surface area contributed by atoms with Gasteiger partial charge in [-0.1, -0.05) is 29.9 Å². The van der Waals surface area contributed by atoms with E-state index in [1.54, 1.807) is 6.07 Å². The van der Waals surface area contributed by atoms with Crippen molar-refractivity contribution in [3.8, 4) is 11.4 Å². The molecule has 0 saturated carbocycles. The van der Waals surface area contributed by atoms with E-state index in [-0.39, 0.29) is 29.9 Å². The van der Waals surface area contributed by atoms with Gasteiger partial charge < -0.3 is 15.3 Å². The van der Waals surface area contributed by atoms with Gasteiger partial charge in [-0.15, -0.1) is 0 Å². The predicted octanol–water partition coefficient (Wildman–Crippen LogP) is 5.51. The van der Waals surface area contributed by atoms with Gasteiger partial charge in [0.05, 0.1) is 16.8 Å². The van der Waals surface area contributed by atoms with Crippen LogP contribution in [0.3, 0.4) is 0 Å². The fourth-order valence-electron chi connectivity index (χ4n) is 5.01. The number of hydrogen-bond acceptors (Lipinski definition) is 8. The van der Waals surface area contributed by atoms with Gasteiger partial charge in [-0.2, -0.15) is 26.3 Å². The molecule has 9 nitrogen and oxygen atoms in total. The number of anilines is 1. The van der Waals surface area contributed by atoms with Gasteiger partial charge in [0.1, 0.15) is 10.8 Å². The Morgan fingerprint density at radius 2 is 1.93 bits per heavy atom. The van der Waals surface area contributed by atoms with Crippen molar-refractivity contribution in [3.05, 3.63) is 63.9 Å². The van der Waals surface area contributed by atoms with E-state index in [1.807, 2.05) is 0 Å². The number of likely N-dealkylation sites (tertiary alicyclic amines) is 1. The first-order chi connectivity index (χ1) is 20.0. The van der Waals surface area contributed by atoms with Gasteiger partial charge in [0, 0.05) is 23.4 Å². The number of fused-ring (bicyclic) bond motifs is 1. The quantitative estimate of drug-likeness (QED) is 0.259. The second-order valence-electron chi connectivity index (χ2n) is 10.1. The van der Waals surface area contributed by atoms with Crippen molar-refractivity contribution in [1.82, 2.24) is 20.4 Å². The highest BCUT2D eigenvalue weighted by molar-refractivity contribution is 8.01. The van der Waals surface area contributed by atoms with Crippen LogP contribution < -0.4 is 16.4 Å². The van der Waals surface area contributed by atoms with Gasteiger partial charge in [-0.05, 0) is 62.3 Å². The first-order valence-electron chi connectivity index (χ1n) is 12.8. The number of hydrogen-bond donors (Lipinski definition) is 4. The molecule has 1 fully saturated rings. The van der Waals surface area contributed by atoms with Crippen LogP contribution in [0.5, 0.6) is 0 Å². The number of thioether (sulfide) groups is 1. The second kappa shape index (κ2) is 12.2. The minimum Gasteiger partial charge on any atom is -0.475 e. The number of aromatic amines is 1. The van der Waals surface area contributed by atoms with Crippen molar-refractivity contribution in [2.45, 2.75) is 54.6 Å². The summed E-state index contributed by atoms with van der Waals surface area (Å²) in [7, 11) is 2.05. The standard InChI is InChI=1S/C24H25F4N5O2S.C2HF3O2/c1-13(19-4-3-9-33(19)2)24(31-18-8-6-15(23(26,27)28)11-20(18)36-24)29-12-14-5-7-16(17(25)10-14)21-30-22(34)35-32-21;3-2(4,5)1(6)7/h5-8,10-11,13,19,29,31H,3-4,9,12H2,1-2H3,(H,30,32,34);(H,6,7). The Labute approximate surface area is 243 Å². The monoisotopic (exact) mass is 637 g/mol. The summed E-state index contributed by atoms with van der Waals surface area (Å²) < 4.78 is 91.0. The third-order valence-electron chi connectivity index (χ3n) is 7.22. The summed E-state index contributed by atoms with van der Waals surface area (Å²) in [6.45, 7) is 3.30. The number of rotatable bonds is 6. The molecule has 43 heavy (non-hydrogen) atoms. The summed E-state index contributed by atoms with van der Waals surface area (Å²) in [6, 6.07) is 8.48. The summed E-state index contributed by atoms with van der Waals surface area (Å²) in [4.78, 5) is 24.4. The van der Waals surface area contributed by atoms with Crippen LogP contribution in [-0.4, -0.2) is 56.9 Å².